The molecule has 0 aromatic heterocycles. The highest BCUT2D eigenvalue weighted by Gasteiger charge is 2.11. The number of benzene rings is 2. The van der Waals surface area contributed by atoms with Crippen molar-refractivity contribution in [2.75, 3.05) is 33.2 Å². The summed E-state index contributed by atoms with van der Waals surface area (Å²) in [4.78, 5) is 23.8. The third-order valence-electron chi connectivity index (χ3n) is 3.84. The Morgan fingerprint density at radius 1 is 0.963 bits per heavy atom. The zero-order valence-electron chi connectivity index (χ0n) is 15.7. The molecule has 7 heteroatoms. The Balaban J connectivity index is 1.81. The summed E-state index contributed by atoms with van der Waals surface area (Å²) in [6.07, 6.45) is 0.868. The highest BCUT2D eigenvalue weighted by molar-refractivity contribution is 5.97. The van der Waals surface area contributed by atoms with E-state index in [4.69, 9.17) is 14.2 Å². The number of ether oxygens (including phenoxy) is 3. The van der Waals surface area contributed by atoms with Crippen LogP contribution in [0.15, 0.2) is 42.5 Å². The van der Waals surface area contributed by atoms with E-state index in [1.165, 1.54) is 7.11 Å². The number of hydrogen-bond donors (Lipinski definition) is 2. The van der Waals surface area contributed by atoms with E-state index >= 15 is 0 Å². The largest absolute Gasteiger partial charge is 0.497 e. The lowest BCUT2D eigenvalue weighted by Crippen LogP contribution is -2.18. The van der Waals surface area contributed by atoms with Gasteiger partial charge in [0.1, 0.15) is 17.2 Å². The summed E-state index contributed by atoms with van der Waals surface area (Å²) in [5, 5.41) is 5.34. The van der Waals surface area contributed by atoms with Crippen LogP contribution < -0.4 is 24.8 Å². The van der Waals surface area contributed by atoms with E-state index in [1.807, 2.05) is 24.3 Å². The Morgan fingerprint density at radius 3 is 2.30 bits per heavy atom. The lowest BCUT2D eigenvalue weighted by molar-refractivity contribution is -0.116. The third kappa shape index (κ3) is 5.91. The standard InChI is InChI=1S/C20H24N2O5/c1-21-20(24)14-6-11-17(18(13-14)26-3)22-19(23)5-4-12-27-16-9-7-15(25-2)8-10-16/h6-11,13H,4-5,12H2,1-3H3,(H,21,24)(H,22,23). The lowest BCUT2D eigenvalue weighted by Gasteiger charge is -2.12. The van der Waals surface area contributed by atoms with Gasteiger partial charge in [0.05, 0.1) is 26.5 Å². The summed E-state index contributed by atoms with van der Waals surface area (Å²) in [7, 11) is 4.65. The molecule has 0 bridgehead atoms. The fourth-order valence-electron chi connectivity index (χ4n) is 2.39. The van der Waals surface area contributed by atoms with E-state index in [1.54, 1.807) is 32.4 Å². The molecule has 0 aliphatic carbocycles. The van der Waals surface area contributed by atoms with E-state index in [0.717, 1.165) is 11.5 Å². The second-order valence-corrected chi connectivity index (χ2v) is 5.67. The van der Waals surface area contributed by atoms with Gasteiger partial charge in [0.15, 0.2) is 0 Å². The highest BCUT2D eigenvalue weighted by Crippen LogP contribution is 2.26. The van der Waals surface area contributed by atoms with Crippen LogP contribution in [0.25, 0.3) is 0 Å². The predicted octanol–water partition coefficient (Wildman–Crippen LogP) is 2.86. The minimum Gasteiger partial charge on any atom is -0.497 e. The molecular formula is C20H24N2O5. The summed E-state index contributed by atoms with van der Waals surface area (Å²) < 4.78 is 15.9. The van der Waals surface area contributed by atoms with Gasteiger partial charge in [-0.3, -0.25) is 9.59 Å². The zero-order valence-corrected chi connectivity index (χ0v) is 15.7. The fourth-order valence-corrected chi connectivity index (χ4v) is 2.39. The Hall–Kier alpha value is -3.22. The molecule has 2 aromatic rings. The maximum Gasteiger partial charge on any atom is 0.251 e. The van der Waals surface area contributed by atoms with Crippen LogP contribution in [-0.4, -0.2) is 39.7 Å². The van der Waals surface area contributed by atoms with Gasteiger partial charge in [-0.15, -0.1) is 0 Å². The molecule has 0 unspecified atom stereocenters. The first kappa shape index (κ1) is 20.1. The van der Waals surface area contributed by atoms with Crippen LogP contribution >= 0.6 is 0 Å². The molecule has 0 spiro atoms. The second kappa shape index (κ2) is 10.1. The average Bonchev–Trinajstić information content (AvgIpc) is 2.71. The van der Waals surface area contributed by atoms with Crippen LogP contribution in [0.4, 0.5) is 5.69 Å². The minimum atomic E-state index is -0.221. The van der Waals surface area contributed by atoms with Crippen molar-refractivity contribution in [2.24, 2.45) is 0 Å². The molecule has 144 valence electrons. The van der Waals surface area contributed by atoms with Gasteiger partial charge >= 0.3 is 0 Å². The molecule has 0 aliphatic heterocycles. The first-order chi connectivity index (χ1) is 13.1. The zero-order chi connectivity index (χ0) is 19.6. The molecule has 0 saturated heterocycles. The van der Waals surface area contributed by atoms with Crippen molar-refractivity contribution in [3.63, 3.8) is 0 Å². The number of nitrogens with one attached hydrogen (secondary N) is 2. The van der Waals surface area contributed by atoms with Gasteiger partial charge in [-0.05, 0) is 48.9 Å². The summed E-state index contributed by atoms with van der Waals surface area (Å²) in [5.74, 6) is 1.54. The van der Waals surface area contributed by atoms with Crippen LogP contribution in [0.3, 0.4) is 0 Å². The molecule has 0 fully saturated rings. The number of carbonyl (C=O) groups excluding carboxylic acids is 2. The van der Waals surface area contributed by atoms with Crippen molar-refractivity contribution in [2.45, 2.75) is 12.8 Å². The topological polar surface area (TPSA) is 85.9 Å². The van der Waals surface area contributed by atoms with Crippen molar-refractivity contribution in [3.05, 3.63) is 48.0 Å². The normalized spacial score (nSPS) is 10.0. The highest BCUT2D eigenvalue weighted by atomic mass is 16.5. The van der Waals surface area contributed by atoms with Crippen LogP contribution in [0.5, 0.6) is 17.2 Å². The number of amides is 2. The molecule has 27 heavy (non-hydrogen) atoms. The molecular weight excluding hydrogens is 348 g/mol. The Morgan fingerprint density at radius 2 is 1.67 bits per heavy atom. The quantitative estimate of drug-likeness (QED) is 0.661. The van der Waals surface area contributed by atoms with Crippen molar-refractivity contribution in [1.29, 1.82) is 0 Å². The molecule has 0 radical (unpaired) electrons. The third-order valence-corrected chi connectivity index (χ3v) is 3.84. The minimum absolute atomic E-state index is 0.153. The first-order valence-electron chi connectivity index (χ1n) is 8.54. The second-order valence-electron chi connectivity index (χ2n) is 5.67. The van der Waals surface area contributed by atoms with Gasteiger partial charge in [0.2, 0.25) is 5.91 Å². The number of anilines is 1. The van der Waals surface area contributed by atoms with E-state index in [2.05, 4.69) is 10.6 Å². The summed E-state index contributed by atoms with van der Waals surface area (Å²) in [6, 6.07) is 12.1. The number of methoxy groups -OCH3 is 2. The van der Waals surface area contributed by atoms with Crippen molar-refractivity contribution in [1.82, 2.24) is 5.32 Å². The SMILES string of the molecule is CNC(=O)c1ccc(NC(=O)CCCOc2ccc(OC)cc2)c(OC)c1. The average molecular weight is 372 g/mol. The van der Waals surface area contributed by atoms with E-state index < -0.39 is 0 Å². The molecule has 2 aromatic carbocycles. The molecule has 0 atom stereocenters. The van der Waals surface area contributed by atoms with Crippen LogP contribution in [-0.2, 0) is 4.79 Å². The molecule has 0 heterocycles. The van der Waals surface area contributed by atoms with E-state index in [9.17, 15) is 9.59 Å². The molecule has 2 rings (SSSR count). The van der Waals surface area contributed by atoms with Gasteiger partial charge in [-0.2, -0.15) is 0 Å². The molecule has 0 aliphatic rings. The smallest absolute Gasteiger partial charge is 0.251 e. The molecule has 7 nitrogen and oxygen atoms in total. The van der Waals surface area contributed by atoms with E-state index in [0.29, 0.717) is 36.4 Å². The van der Waals surface area contributed by atoms with Gasteiger partial charge < -0.3 is 24.8 Å². The lowest BCUT2D eigenvalue weighted by atomic mass is 10.1. The Kier molecular flexibility index (Phi) is 7.49. The monoisotopic (exact) mass is 372 g/mol. The molecule has 2 N–H and O–H groups in total. The summed E-state index contributed by atoms with van der Waals surface area (Å²) in [5.41, 5.74) is 0.978. The Bertz CT molecular complexity index is 774. The maximum absolute atomic E-state index is 12.1. The summed E-state index contributed by atoms with van der Waals surface area (Å²) in [6.45, 7) is 0.423. The first-order valence-corrected chi connectivity index (χ1v) is 8.54. The Labute approximate surface area is 158 Å². The van der Waals surface area contributed by atoms with Crippen LogP contribution in [0.2, 0.25) is 0 Å². The van der Waals surface area contributed by atoms with Crippen LogP contribution in [0, 0.1) is 0 Å². The van der Waals surface area contributed by atoms with Crippen molar-refractivity contribution >= 4 is 17.5 Å². The predicted molar refractivity (Wildman–Crippen MR) is 103 cm³/mol. The van der Waals surface area contributed by atoms with Gasteiger partial charge in [-0.25, -0.2) is 0 Å². The molecule has 0 saturated carbocycles. The van der Waals surface area contributed by atoms with Crippen molar-refractivity contribution < 1.29 is 23.8 Å². The van der Waals surface area contributed by atoms with Gasteiger partial charge in [0, 0.05) is 19.0 Å². The fraction of sp³-hybridized carbons (Fsp3) is 0.300. The summed E-state index contributed by atoms with van der Waals surface area (Å²) >= 11 is 0. The van der Waals surface area contributed by atoms with Gasteiger partial charge in [-0.1, -0.05) is 0 Å². The number of carbonyl (C=O) groups is 2. The van der Waals surface area contributed by atoms with Gasteiger partial charge in [0.25, 0.3) is 5.91 Å². The maximum atomic E-state index is 12.1. The molecule has 2 amide bonds. The van der Waals surface area contributed by atoms with Crippen molar-refractivity contribution in [3.8, 4) is 17.2 Å². The van der Waals surface area contributed by atoms with E-state index in [-0.39, 0.29) is 11.8 Å². The number of rotatable bonds is 9. The number of hydrogen-bond acceptors (Lipinski definition) is 5. The van der Waals surface area contributed by atoms with Crippen LogP contribution in [0.1, 0.15) is 23.2 Å².